The van der Waals surface area contributed by atoms with Crippen LogP contribution in [-0.4, -0.2) is 18.8 Å². The molecule has 1 unspecified atom stereocenters. The average molecular weight is 415 g/mol. The molecule has 3 aromatic carbocycles. The summed E-state index contributed by atoms with van der Waals surface area (Å²) < 4.78 is 17.8. The van der Waals surface area contributed by atoms with Crippen LogP contribution in [-0.2, 0) is 22.8 Å². The highest BCUT2D eigenvalue weighted by atomic mass is 16.7. The normalized spacial score (nSPS) is 19.8. The van der Waals surface area contributed by atoms with Gasteiger partial charge in [0.05, 0.1) is 12.3 Å². The fourth-order valence-corrected chi connectivity index (χ4v) is 3.76. The number of rotatable bonds is 7. The Bertz CT molecular complexity index is 1040. The summed E-state index contributed by atoms with van der Waals surface area (Å²) in [4.78, 5) is 5.83. The van der Waals surface area contributed by atoms with E-state index in [1.807, 2.05) is 78.9 Å². The maximum atomic E-state index is 6.18. The second kappa shape index (κ2) is 8.84. The first-order valence-corrected chi connectivity index (χ1v) is 10.5. The molecule has 0 amide bonds. The van der Waals surface area contributed by atoms with E-state index in [1.54, 1.807) is 0 Å². The van der Waals surface area contributed by atoms with Crippen LogP contribution in [0.5, 0.6) is 11.5 Å². The molecule has 5 heteroatoms. The smallest absolute Gasteiger partial charge is 0.162 e. The Morgan fingerprint density at radius 2 is 1.48 bits per heavy atom. The lowest BCUT2D eigenvalue weighted by Gasteiger charge is -2.16. The van der Waals surface area contributed by atoms with Gasteiger partial charge < -0.3 is 14.2 Å². The molecular weight excluding hydrogens is 390 g/mol. The Kier molecular flexibility index (Phi) is 5.61. The first-order chi connectivity index (χ1) is 15.3. The zero-order chi connectivity index (χ0) is 20.9. The third-order valence-electron chi connectivity index (χ3n) is 5.52. The summed E-state index contributed by atoms with van der Waals surface area (Å²) in [5.41, 5.74) is 6.81. The van der Waals surface area contributed by atoms with Gasteiger partial charge in [0.25, 0.3) is 0 Å². The Labute approximate surface area is 182 Å². The van der Waals surface area contributed by atoms with Gasteiger partial charge in [0.15, 0.2) is 11.5 Å². The van der Waals surface area contributed by atoms with Crippen molar-refractivity contribution >= 4 is 5.70 Å². The Morgan fingerprint density at radius 3 is 2.13 bits per heavy atom. The van der Waals surface area contributed by atoms with Gasteiger partial charge in [-0.15, -0.1) is 0 Å². The summed E-state index contributed by atoms with van der Waals surface area (Å²) in [5.74, 6) is 1.41. The molecule has 31 heavy (non-hydrogen) atoms. The van der Waals surface area contributed by atoms with Gasteiger partial charge in [0.2, 0.25) is 0 Å². The third kappa shape index (κ3) is 4.58. The molecule has 3 aromatic rings. The quantitative estimate of drug-likeness (QED) is 0.596. The van der Waals surface area contributed by atoms with Crippen molar-refractivity contribution in [1.82, 2.24) is 5.48 Å². The Hall–Kier alpha value is -3.28. The molecule has 0 saturated carbocycles. The largest absolute Gasteiger partial charge is 0.485 e. The minimum absolute atomic E-state index is 0.372. The lowest BCUT2D eigenvalue weighted by Crippen LogP contribution is -2.29. The molecule has 158 valence electrons. The summed E-state index contributed by atoms with van der Waals surface area (Å²) in [5, 5.41) is 0. The summed E-state index contributed by atoms with van der Waals surface area (Å²) in [6.07, 6.45) is 2.96. The number of nitrogens with one attached hydrogen (secondary N) is 1. The van der Waals surface area contributed by atoms with E-state index < -0.39 is 0 Å². The first-order valence-electron chi connectivity index (χ1n) is 10.5. The van der Waals surface area contributed by atoms with E-state index in [1.165, 1.54) is 0 Å². The maximum Gasteiger partial charge on any atom is 0.162 e. The van der Waals surface area contributed by atoms with Gasteiger partial charge in [0.1, 0.15) is 18.8 Å². The van der Waals surface area contributed by atoms with Gasteiger partial charge in [-0.2, -0.15) is 0 Å². The molecule has 2 aliphatic heterocycles. The fourth-order valence-electron chi connectivity index (χ4n) is 3.76. The van der Waals surface area contributed by atoms with Crippen molar-refractivity contribution in [2.24, 2.45) is 0 Å². The van der Waals surface area contributed by atoms with Crippen molar-refractivity contribution in [1.29, 1.82) is 0 Å². The first kappa shape index (κ1) is 19.7. The lowest BCUT2D eigenvalue weighted by atomic mass is 10.0. The SMILES string of the molecule is C1=C(c2ccc(OCc3ccccc3)c(OCc3ccccc3)c2)NOC12CCOC2. The molecule has 1 saturated heterocycles. The van der Waals surface area contributed by atoms with Gasteiger partial charge in [-0.25, -0.2) is 0 Å². The zero-order valence-corrected chi connectivity index (χ0v) is 17.3. The number of benzene rings is 3. The van der Waals surface area contributed by atoms with Crippen LogP contribution in [0.25, 0.3) is 5.70 Å². The molecule has 1 spiro atoms. The summed E-state index contributed by atoms with van der Waals surface area (Å²) in [7, 11) is 0. The van der Waals surface area contributed by atoms with Crippen molar-refractivity contribution in [3.05, 3.63) is 102 Å². The van der Waals surface area contributed by atoms with Crippen LogP contribution in [0.3, 0.4) is 0 Å². The van der Waals surface area contributed by atoms with Gasteiger partial charge in [-0.3, -0.25) is 10.3 Å². The van der Waals surface area contributed by atoms with E-state index in [-0.39, 0.29) is 5.60 Å². The number of hydrogen-bond acceptors (Lipinski definition) is 5. The molecule has 2 aliphatic rings. The Balaban J connectivity index is 1.38. The molecule has 0 radical (unpaired) electrons. The van der Waals surface area contributed by atoms with Crippen molar-refractivity contribution in [2.45, 2.75) is 25.2 Å². The molecule has 1 atom stereocenters. The van der Waals surface area contributed by atoms with Gasteiger partial charge in [0, 0.05) is 18.6 Å². The van der Waals surface area contributed by atoms with Crippen LogP contribution < -0.4 is 15.0 Å². The second-order valence-corrected chi connectivity index (χ2v) is 7.84. The summed E-state index contributed by atoms with van der Waals surface area (Å²) in [6, 6.07) is 26.2. The number of hydrogen-bond donors (Lipinski definition) is 1. The van der Waals surface area contributed by atoms with Crippen molar-refractivity contribution < 1.29 is 19.0 Å². The van der Waals surface area contributed by atoms with E-state index in [0.29, 0.717) is 37.9 Å². The highest BCUT2D eigenvalue weighted by molar-refractivity contribution is 5.68. The minimum atomic E-state index is -0.372. The highest BCUT2D eigenvalue weighted by Crippen LogP contribution is 2.36. The van der Waals surface area contributed by atoms with Gasteiger partial charge in [-0.1, -0.05) is 60.7 Å². The number of hydroxylamine groups is 1. The maximum absolute atomic E-state index is 6.18. The molecule has 2 heterocycles. The van der Waals surface area contributed by atoms with Crippen LogP contribution in [0.15, 0.2) is 84.9 Å². The molecule has 5 nitrogen and oxygen atoms in total. The molecule has 5 rings (SSSR count). The Morgan fingerprint density at radius 1 is 0.806 bits per heavy atom. The van der Waals surface area contributed by atoms with Crippen molar-refractivity contribution in [3.63, 3.8) is 0 Å². The van der Waals surface area contributed by atoms with E-state index in [4.69, 9.17) is 19.0 Å². The van der Waals surface area contributed by atoms with Crippen LogP contribution in [0.1, 0.15) is 23.1 Å². The molecular formula is C26H25NO4. The lowest BCUT2D eigenvalue weighted by molar-refractivity contribution is -0.0373. The van der Waals surface area contributed by atoms with Gasteiger partial charge in [-0.05, 0) is 35.4 Å². The van der Waals surface area contributed by atoms with Crippen LogP contribution in [0.4, 0.5) is 0 Å². The minimum Gasteiger partial charge on any atom is -0.485 e. The van der Waals surface area contributed by atoms with E-state index >= 15 is 0 Å². The zero-order valence-electron chi connectivity index (χ0n) is 17.3. The molecule has 1 fully saturated rings. The summed E-state index contributed by atoms with van der Waals surface area (Å²) >= 11 is 0. The molecule has 0 aromatic heterocycles. The molecule has 0 aliphatic carbocycles. The predicted octanol–water partition coefficient (Wildman–Crippen LogP) is 4.88. The average Bonchev–Trinajstić information content (AvgIpc) is 3.47. The van der Waals surface area contributed by atoms with Crippen molar-refractivity contribution in [3.8, 4) is 11.5 Å². The predicted molar refractivity (Wildman–Crippen MR) is 118 cm³/mol. The standard InChI is InChI=1S/C26H25NO4/c1-3-7-20(8-4-1)17-29-24-12-11-22(23-16-26(31-27-23)13-14-28-19-26)15-25(24)30-18-21-9-5-2-6-10-21/h1-12,15-16,27H,13-14,17-19H2. The van der Waals surface area contributed by atoms with E-state index in [0.717, 1.165) is 28.8 Å². The van der Waals surface area contributed by atoms with Crippen molar-refractivity contribution in [2.75, 3.05) is 13.2 Å². The summed E-state index contributed by atoms with van der Waals surface area (Å²) in [6.45, 7) is 2.22. The molecule has 0 bridgehead atoms. The number of ether oxygens (including phenoxy) is 3. The van der Waals surface area contributed by atoms with Crippen LogP contribution in [0.2, 0.25) is 0 Å². The van der Waals surface area contributed by atoms with Gasteiger partial charge >= 0.3 is 0 Å². The monoisotopic (exact) mass is 415 g/mol. The van der Waals surface area contributed by atoms with Crippen LogP contribution >= 0.6 is 0 Å². The van der Waals surface area contributed by atoms with E-state index in [2.05, 4.69) is 11.6 Å². The van der Waals surface area contributed by atoms with E-state index in [9.17, 15) is 0 Å². The highest BCUT2D eigenvalue weighted by Gasteiger charge is 2.39. The molecule has 1 N–H and O–H groups in total. The third-order valence-corrected chi connectivity index (χ3v) is 5.52. The second-order valence-electron chi connectivity index (χ2n) is 7.84. The topological polar surface area (TPSA) is 49.0 Å². The fraction of sp³-hybridized carbons (Fsp3) is 0.231. The van der Waals surface area contributed by atoms with Crippen LogP contribution in [0, 0.1) is 0 Å².